The van der Waals surface area contributed by atoms with E-state index in [1.807, 2.05) is 0 Å². The Morgan fingerprint density at radius 1 is 0.955 bits per heavy atom. The number of benzene rings is 1. The second-order valence-corrected chi connectivity index (χ2v) is 6.60. The van der Waals surface area contributed by atoms with Gasteiger partial charge in [0.1, 0.15) is 0 Å². The predicted molar refractivity (Wildman–Crippen MR) is 88.8 cm³/mol. The lowest BCUT2D eigenvalue weighted by atomic mass is 9.76. The molecule has 1 saturated carbocycles. The van der Waals surface area contributed by atoms with Crippen molar-refractivity contribution >= 4 is 0 Å². The molecule has 0 amide bonds. The normalized spacial score (nSPS) is 22.0. The van der Waals surface area contributed by atoms with Crippen molar-refractivity contribution in [3.05, 3.63) is 35.9 Å². The molecule has 2 aliphatic rings. The summed E-state index contributed by atoms with van der Waals surface area (Å²) in [5.74, 6) is 0. The highest BCUT2D eigenvalue weighted by Crippen LogP contribution is 2.37. The third kappa shape index (κ3) is 4.09. The maximum atomic E-state index is 5.50. The quantitative estimate of drug-likeness (QED) is 0.773. The topological polar surface area (TPSA) is 30.5 Å². The number of rotatable bonds is 7. The van der Waals surface area contributed by atoms with E-state index in [2.05, 4.69) is 35.6 Å². The molecule has 0 unspecified atom stereocenters. The third-order valence-corrected chi connectivity index (χ3v) is 5.05. The summed E-state index contributed by atoms with van der Waals surface area (Å²) >= 11 is 0. The number of hydrogen-bond donors (Lipinski definition) is 1. The fraction of sp³-hybridized carbons (Fsp3) is 0.684. The van der Waals surface area contributed by atoms with Crippen molar-refractivity contribution in [3.63, 3.8) is 0 Å². The Morgan fingerprint density at radius 3 is 2.41 bits per heavy atom. The molecule has 1 aliphatic heterocycles. The van der Waals surface area contributed by atoms with Gasteiger partial charge in [0.05, 0.1) is 13.2 Å². The van der Waals surface area contributed by atoms with Crippen molar-refractivity contribution < 1.29 is 9.47 Å². The minimum atomic E-state index is 0.0535. The van der Waals surface area contributed by atoms with Crippen LogP contribution in [-0.2, 0) is 15.0 Å². The highest BCUT2D eigenvalue weighted by atomic mass is 16.7. The molecule has 22 heavy (non-hydrogen) atoms. The molecule has 3 heteroatoms. The molecule has 0 radical (unpaired) electrons. The van der Waals surface area contributed by atoms with E-state index in [1.54, 1.807) is 0 Å². The van der Waals surface area contributed by atoms with Gasteiger partial charge >= 0.3 is 0 Å². The van der Waals surface area contributed by atoms with Crippen LogP contribution >= 0.6 is 0 Å². The summed E-state index contributed by atoms with van der Waals surface area (Å²) in [6.45, 7) is 2.61. The Morgan fingerprint density at radius 2 is 1.68 bits per heavy atom. The largest absolute Gasteiger partial charge is 0.350 e. The van der Waals surface area contributed by atoms with E-state index in [0.717, 1.165) is 26.2 Å². The van der Waals surface area contributed by atoms with Crippen molar-refractivity contribution in [1.29, 1.82) is 0 Å². The average Bonchev–Trinajstić information content (AvgIpc) is 3.10. The summed E-state index contributed by atoms with van der Waals surface area (Å²) in [5, 5.41) is 3.90. The Balaban J connectivity index is 1.48. The molecule has 0 bridgehead atoms. The predicted octanol–water partition coefficient (Wildman–Crippen LogP) is 3.98. The molecule has 1 heterocycles. The van der Waals surface area contributed by atoms with Crippen LogP contribution in [-0.4, -0.2) is 26.0 Å². The molecule has 122 valence electrons. The second-order valence-electron chi connectivity index (χ2n) is 6.60. The number of hydrogen-bond acceptors (Lipinski definition) is 3. The van der Waals surface area contributed by atoms with E-state index in [0.29, 0.717) is 0 Å². The van der Waals surface area contributed by atoms with Gasteiger partial charge in [0.25, 0.3) is 0 Å². The SMILES string of the molecule is c1ccc(C2(NCCCCC3OCCO3)CCCCC2)cc1. The second kappa shape index (κ2) is 8.09. The first-order valence-corrected chi connectivity index (χ1v) is 8.93. The highest BCUT2D eigenvalue weighted by Gasteiger charge is 2.32. The van der Waals surface area contributed by atoms with Gasteiger partial charge in [-0.3, -0.25) is 0 Å². The van der Waals surface area contributed by atoms with E-state index >= 15 is 0 Å². The van der Waals surface area contributed by atoms with Gasteiger partial charge in [-0.1, -0.05) is 49.6 Å². The van der Waals surface area contributed by atoms with Crippen LogP contribution in [0.3, 0.4) is 0 Å². The van der Waals surface area contributed by atoms with E-state index in [4.69, 9.17) is 9.47 Å². The Kier molecular flexibility index (Phi) is 5.88. The molecule has 1 aromatic carbocycles. The van der Waals surface area contributed by atoms with Gasteiger partial charge < -0.3 is 14.8 Å². The van der Waals surface area contributed by atoms with E-state index < -0.39 is 0 Å². The molecule has 1 aliphatic carbocycles. The fourth-order valence-corrected chi connectivity index (χ4v) is 3.82. The summed E-state index contributed by atoms with van der Waals surface area (Å²) in [6, 6.07) is 11.0. The lowest BCUT2D eigenvalue weighted by Crippen LogP contribution is -2.44. The zero-order valence-corrected chi connectivity index (χ0v) is 13.6. The van der Waals surface area contributed by atoms with Gasteiger partial charge in [-0.15, -0.1) is 0 Å². The first-order valence-electron chi connectivity index (χ1n) is 8.93. The zero-order chi connectivity index (χ0) is 15.1. The van der Waals surface area contributed by atoms with Crippen LogP contribution < -0.4 is 5.32 Å². The van der Waals surface area contributed by atoms with Crippen LogP contribution in [0.25, 0.3) is 0 Å². The van der Waals surface area contributed by atoms with Gasteiger partial charge in [0, 0.05) is 5.54 Å². The standard InChI is InChI=1S/C19H29NO2/c1-3-9-17(10-4-1)19(12-6-2-7-13-19)20-14-8-5-11-18-21-15-16-22-18/h1,3-4,9-10,18,20H,2,5-8,11-16H2. The summed E-state index contributed by atoms with van der Waals surface area (Å²) in [4.78, 5) is 0. The van der Waals surface area contributed by atoms with Crippen molar-refractivity contribution in [2.75, 3.05) is 19.8 Å². The Labute approximate surface area is 134 Å². The van der Waals surface area contributed by atoms with Gasteiger partial charge in [-0.05, 0) is 44.2 Å². The monoisotopic (exact) mass is 303 g/mol. The Bertz CT molecular complexity index is 422. The molecule has 1 N–H and O–H groups in total. The maximum absolute atomic E-state index is 5.50. The summed E-state index contributed by atoms with van der Waals surface area (Å²) in [6.07, 6.45) is 10.0. The van der Waals surface area contributed by atoms with Crippen LogP contribution in [0, 0.1) is 0 Å². The van der Waals surface area contributed by atoms with Crippen LogP contribution in [0.2, 0.25) is 0 Å². The molecular formula is C19H29NO2. The summed E-state index contributed by atoms with van der Waals surface area (Å²) in [5.41, 5.74) is 1.68. The lowest BCUT2D eigenvalue weighted by molar-refractivity contribution is -0.0479. The van der Waals surface area contributed by atoms with Crippen molar-refractivity contribution in [2.24, 2.45) is 0 Å². The van der Waals surface area contributed by atoms with Gasteiger partial charge in [0.15, 0.2) is 6.29 Å². The third-order valence-electron chi connectivity index (χ3n) is 5.05. The van der Waals surface area contributed by atoms with E-state index in [1.165, 1.54) is 50.5 Å². The number of unbranched alkanes of at least 4 members (excludes halogenated alkanes) is 1. The fourth-order valence-electron chi connectivity index (χ4n) is 3.82. The molecular weight excluding hydrogens is 274 g/mol. The minimum Gasteiger partial charge on any atom is -0.350 e. The first kappa shape index (κ1) is 16.0. The van der Waals surface area contributed by atoms with Crippen LogP contribution in [0.1, 0.15) is 56.9 Å². The van der Waals surface area contributed by atoms with Crippen LogP contribution in [0.4, 0.5) is 0 Å². The molecule has 1 saturated heterocycles. The van der Waals surface area contributed by atoms with Gasteiger partial charge in [-0.25, -0.2) is 0 Å². The van der Waals surface area contributed by atoms with Crippen LogP contribution in [0.15, 0.2) is 30.3 Å². The first-order chi connectivity index (χ1) is 10.9. The average molecular weight is 303 g/mol. The number of ether oxygens (including phenoxy) is 2. The maximum Gasteiger partial charge on any atom is 0.157 e. The van der Waals surface area contributed by atoms with Crippen molar-refractivity contribution in [1.82, 2.24) is 5.32 Å². The molecule has 0 aromatic heterocycles. The molecule has 3 nitrogen and oxygen atoms in total. The summed E-state index contributed by atoms with van der Waals surface area (Å²) < 4.78 is 11.0. The molecule has 1 aromatic rings. The Hall–Kier alpha value is -0.900. The molecule has 3 rings (SSSR count). The summed E-state index contributed by atoms with van der Waals surface area (Å²) in [7, 11) is 0. The van der Waals surface area contributed by atoms with E-state index in [-0.39, 0.29) is 11.8 Å². The van der Waals surface area contributed by atoms with Gasteiger partial charge in [-0.2, -0.15) is 0 Å². The minimum absolute atomic E-state index is 0.0535. The van der Waals surface area contributed by atoms with Crippen LogP contribution in [0.5, 0.6) is 0 Å². The van der Waals surface area contributed by atoms with E-state index in [9.17, 15) is 0 Å². The molecule has 0 atom stereocenters. The van der Waals surface area contributed by atoms with Gasteiger partial charge in [0.2, 0.25) is 0 Å². The smallest absolute Gasteiger partial charge is 0.157 e. The lowest BCUT2D eigenvalue weighted by Gasteiger charge is -2.39. The molecule has 0 spiro atoms. The van der Waals surface area contributed by atoms with Crippen molar-refractivity contribution in [2.45, 2.75) is 63.2 Å². The zero-order valence-electron chi connectivity index (χ0n) is 13.6. The molecule has 2 fully saturated rings. The highest BCUT2D eigenvalue weighted by molar-refractivity contribution is 5.25. The van der Waals surface area contributed by atoms with Crippen molar-refractivity contribution in [3.8, 4) is 0 Å². The number of nitrogens with one attached hydrogen (secondary N) is 1.